The molecule has 0 saturated carbocycles. The fraction of sp³-hybridized carbons (Fsp3) is 0.160. The number of anilines is 1. The molecule has 164 valence electrons. The van der Waals surface area contributed by atoms with Crippen molar-refractivity contribution in [2.75, 3.05) is 26.0 Å². The smallest absolute Gasteiger partial charge is 0.342 e. The molecule has 7 nitrogen and oxygen atoms in total. The number of nitrogens with zero attached hydrogens (tertiary/aromatic N) is 1. The van der Waals surface area contributed by atoms with Crippen molar-refractivity contribution in [1.82, 2.24) is 4.90 Å². The molecular weight excluding hydrogens is 408 g/mol. The number of rotatable bonds is 8. The summed E-state index contributed by atoms with van der Waals surface area (Å²) in [6.07, 6.45) is 0. The molecule has 3 aromatic carbocycles. The molecule has 0 bridgehead atoms. The van der Waals surface area contributed by atoms with Crippen LogP contribution >= 0.6 is 0 Å². The highest BCUT2D eigenvalue weighted by molar-refractivity contribution is 5.97. The van der Waals surface area contributed by atoms with E-state index in [0.29, 0.717) is 23.6 Å². The zero-order valence-corrected chi connectivity index (χ0v) is 17.9. The summed E-state index contributed by atoms with van der Waals surface area (Å²) in [5, 5.41) is 2.63. The van der Waals surface area contributed by atoms with Gasteiger partial charge in [0.15, 0.2) is 6.61 Å². The van der Waals surface area contributed by atoms with Gasteiger partial charge < -0.3 is 19.7 Å². The molecule has 0 radical (unpaired) electrons. The Hall–Kier alpha value is -4.13. The predicted molar refractivity (Wildman–Crippen MR) is 121 cm³/mol. The predicted octanol–water partition coefficient (Wildman–Crippen LogP) is 3.76. The minimum Gasteiger partial charge on any atom is -0.488 e. The maximum Gasteiger partial charge on any atom is 0.342 e. The van der Waals surface area contributed by atoms with Gasteiger partial charge in [-0.05, 0) is 42.0 Å². The third-order valence-electron chi connectivity index (χ3n) is 4.50. The Morgan fingerprint density at radius 3 is 2.19 bits per heavy atom. The third-order valence-corrected chi connectivity index (χ3v) is 4.50. The van der Waals surface area contributed by atoms with Crippen LogP contribution in [0.5, 0.6) is 5.75 Å². The summed E-state index contributed by atoms with van der Waals surface area (Å²) in [5.74, 6) is -0.906. The molecule has 0 saturated heterocycles. The van der Waals surface area contributed by atoms with E-state index in [0.717, 1.165) is 5.56 Å². The van der Waals surface area contributed by atoms with Crippen LogP contribution in [0.25, 0.3) is 0 Å². The van der Waals surface area contributed by atoms with Gasteiger partial charge in [0.2, 0.25) is 0 Å². The summed E-state index contributed by atoms with van der Waals surface area (Å²) < 4.78 is 10.9. The van der Waals surface area contributed by atoms with Crippen molar-refractivity contribution in [3.8, 4) is 5.75 Å². The van der Waals surface area contributed by atoms with Crippen LogP contribution in [0.2, 0.25) is 0 Å². The number of ether oxygens (including phenoxy) is 2. The molecule has 3 rings (SSSR count). The van der Waals surface area contributed by atoms with Gasteiger partial charge in [0.25, 0.3) is 11.8 Å². The first kappa shape index (κ1) is 22.6. The summed E-state index contributed by atoms with van der Waals surface area (Å²) in [4.78, 5) is 38.1. The summed E-state index contributed by atoms with van der Waals surface area (Å²) in [5.41, 5.74) is 2.20. The molecule has 1 N–H and O–H groups in total. The number of hydrogen-bond acceptors (Lipinski definition) is 5. The van der Waals surface area contributed by atoms with E-state index >= 15 is 0 Å². The molecule has 0 unspecified atom stereocenters. The van der Waals surface area contributed by atoms with E-state index in [4.69, 9.17) is 9.47 Å². The lowest BCUT2D eigenvalue weighted by molar-refractivity contribution is -0.119. The first-order valence-corrected chi connectivity index (χ1v) is 9.98. The van der Waals surface area contributed by atoms with Crippen LogP contribution in [-0.2, 0) is 16.1 Å². The van der Waals surface area contributed by atoms with Crippen molar-refractivity contribution in [2.24, 2.45) is 0 Å². The van der Waals surface area contributed by atoms with Crippen molar-refractivity contribution in [1.29, 1.82) is 0 Å². The van der Waals surface area contributed by atoms with Gasteiger partial charge in [0.1, 0.15) is 17.9 Å². The maximum absolute atomic E-state index is 12.5. The largest absolute Gasteiger partial charge is 0.488 e. The van der Waals surface area contributed by atoms with Gasteiger partial charge in [-0.2, -0.15) is 0 Å². The first-order chi connectivity index (χ1) is 15.4. The average Bonchev–Trinajstić information content (AvgIpc) is 2.82. The number of esters is 1. The van der Waals surface area contributed by atoms with Gasteiger partial charge in [-0.25, -0.2) is 4.79 Å². The lowest BCUT2D eigenvalue weighted by atomic mass is 10.2. The van der Waals surface area contributed by atoms with Crippen molar-refractivity contribution < 1.29 is 23.9 Å². The summed E-state index contributed by atoms with van der Waals surface area (Å²) in [6.45, 7) is -0.151. The SMILES string of the molecule is CN(C)C(=O)c1ccc(NC(=O)COC(=O)c2ccccc2OCc2ccccc2)cc1. The average molecular weight is 432 g/mol. The van der Waals surface area contributed by atoms with Crippen LogP contribution in [0.4, 0.5) is 5.69 Å². The Balaban J connectivity index is 1.54. The number of nitrogens with one attached hydrogen (secondary N) is 1. The monoisotopic (exact) mass is 432 g/mol. The second-order valence-electron chi connectivity index (χ2n) is 7.17. The lowest BCUT2D eigenvalue weighted by Gasteiger charge is -2.12. The highest BCUT2D eigenvalue weighted by Crippen LogP contribution is 2.20. The molecule has 0 fully saturated rings. The molecule has 0 spiro atoms. The Labute approximate surface area is 186 Å². The quantitative estimate of drug-likeness (QED) is 0.548. The van der Waals surface area contributed by atoms with E-state index in [1.807, 2.05) is 30.3 Å². The van der Waals surface area contributed by atoms with Gasteiger partial charge in [-0.15, -0.1) is 0 Å². The van der Waals surface area contributed by atoms with Crippen molar-refractivity contribution >= 4 is 23.5 Å². The van der Waals surface area contributed by atoms with Crippen LogP contribution < -0.4 is 10.1 Å². The fourth-order valence-electron chi connectivity index (χ4n) is 2.86. The summed E-state index contributed by atoms with van der Waals surface area (Å²) in [6, 6.07) is 22.8. The van der Waals surface area contributed by atoms with Gasteiger partial charge in [0.05, 0.1) is 0 Å². The topological polar surface area (TPSA) is 84.9 Å². The Bertz CT molecular complexity index is 1080. The molecule has 0 aliphatic carbocycles. The van der Waals surface area contributed by atoms with Gasteiger partial charge >= 0.3 is 5.97 Å². The molecule has 2 amide bonds. The number of amides is 2. The van der Waals surface area contributed by atoms with E-state index in [9.17, 15) is 14.4 Å². The van der Waals surface area contributed by atoms with Crippen LogP contribution in [0.3, 0.4) is 0 Å². The first-order valence-electron chi connectivity index (χ1n) is 9.98. The normalized spacial score (nSPS) is 10.2. The number of carbonyl (C=O) groups is 3. The fourth-order valence-corrected chi connectivity index (χ4v) is 2.86. The minimum atomic E-state index is -0.657. The van der Waals surface area contributed by atoms with Crippen molar-refractivity contribution in [3.05, 3.63) is 95.6 Å². The zero-order valence-electron chi connectivity index (χ0n) is 17.9. The number of para-hydroxylation sites is 1. The van der Waals surface area contributed by atoms with Crippen molar-refractivity contribution in [3.63, 3.8) is 0 Å². The minimum absolute atomic E-state index is 0.134. The second-order valence-corrected chi connectivity index (χ2v) is 7.17. The van der Waals surface area contributed by atoms with Crippen LogP contribution in [-0.4, -0.2) is 43.4 Å². The molecule has 3 aromatic rings. The van der Waals surface area contributed by atoms with E-state index in [2.05, 4.69) is 5.32 Å². The Morgan fingerprint density at radius 1 is 0.844 bits per heavy atom. The van der Waals surface area contributed by atoms with Crippen LogP contribution in [0, 0.1) is 0 Å². The lowest BCUT2D eigenvalue weighted by Crippen LogP contribution is -2.22. The molecule has 7 heteroatoms. The van der Waals surface area contributed by atoms with E-state index < -0.39 is 18.5 Å². The standard InChI is InChI=1S/C25H24N2O5/c1-27(2)24(29)19-12-14-20(15-13-19)26-23(28)17-32-25(30)21-10-6-7-11-22(21)31-16-18-8-4-3-5-9-18/h3-15H,16-17H2,1-2H3,(H,26,28). The van der Waals surface area contributed by atoms with Gasteiger partial charge in [-0.3, -0.25) is 9.59 Å². The Morgan fingerprint density at radius 2 is 1.50 bits per heavy atom. The number of hydrogen-bond donors (Lipinski definition) is 1. The van der Waals surface area contributed by atoms with Gasteiger partial charge in [-0.1, -0.05) is 42.5 Å². The molecule has 0 aliphatic heterocycles. The van der Waals surface area contributed by atoms with E-state index in [-0.39, 0.29) is 11.5 Å². The van der Waals surface area contributed by atoms with E-state index in [1.54, 1.807) is 62.6 Å². The molecular formula is C25H24N2O5. The number of benzene rings is 3. The van der Waals surface area contributed by atoms with Gasteiger partial charge in [0, 0.05) is 25.3 Å². The molecule has 0 heterocycles. The summed E-state index contributed by atoms with van der Waals surface area (Å²) >= 11 is 0. The molecule has 0 aliphatic rings. The molecule has 0 aromatic heterocycles. The number of carbonyl (C=O) groups excluding carboxylic acids is 3. The molecule has 32 heavy (non-hydrogen) atoms. The maximum atomic E-state index is 12.5. The van der Waals surface area contributed by atoms with Crippen molar-refractivity contribution in [2.45, 2.75) is 6.61 Å². The zero-order chi connectivity index (χ0) is 22.9. The molecule has 0 atom stereocenters. The third kappa shape index (κ3) is 6.18. The Kier molecular flexibility index (Phi) is 7.59. The summed E-state index contributed by atoms with van der Waals surface area (Å²) in [7, 11) is 3.33. The van der Waals surface area contributed by atoms with Crippen LogP contribution in [0.1, 0.15) is 26.3 Å². The van der Waals surface area contributed by atoms with E-state index in [1.165, 1.54) is 4.90 Å². The second kappa shape index (κ2) is 10.8. The highest BCUT2D eigenvalue weighted by Gasteiger charge is 2.16. The highest BCUT2D eigenvalue weighted by atomic mass is 16.5. The van der Waals surface area contributed by atoms with Crippen LogP contribution in [0.15, 0.2) is 78.9 Å².